The van der Waals surface area contributed by atoms with Gasteiger partial charge in [-0.25, -0.2) is 4.79 Å². The lowest BCUT2D eigenvalue weighted by molar-refractivity contribution is -0.138. The van der Waals surface area contributed by atoms with E-state index < -0.39 is 12.0 Å². The highest BCUT2D eigenvalue weighted by molar-refractivity contribution is 7.99. The predicted molar refractivity (Wildman–Crippen MR) is 56.0 cm³/mol. The molecule has 1 fully saturated rings. The number of aliphatic carboxylic acids is 1. The Balaban J connectivity index is 2.18. The Labute approximate surface area is 89.1 Å². The Morgan fingerprint density at radius 2 is 2.57 bits per heavy atom. The third-order valence-electron chi connectivity index (χ3n) is 2.01. The van der Waals surface area contributed by atoms with Crippen molar-refractivity contribution in [3.05, 3.63) is 5.51 Å². The molecule has 0 aliphatic carbocycles. The molecule has 1 N–H and O–H groups in total. The normalized spacial score (nSPS) is 22.3. The molecule has 1 aliphatic rings. The summed E-state index contributed by atoms with van der Waals surface area (Å²) >= 11 is 3.05. The SMILES string of the molecule is O=C(O)C1CSCCN1c1nncs1. The van der Waals surface area contributed by atoms with Crippen molar-refractivity contribution in [2.75, 3.05) is 23.0 Å². The van der Waals surface area contributed by atoms with Gasteiger partial charge >= 0.3 is 5.97 Å². The molecular formula is C7H9N3O2S2. The molecule has 1 aromatic heterocycles. The third kappa shape index (κ3) is 1.83. The first-order valence-corrected chi connectivity index (χ1v) is 6.16. The monoisotopic (exact) mass is 231 g/mol. The van der Waals surface area contributed by atoms with E-state index in [0.29, 0.717) is 10.9 Å². The lowest BCUT2D eigenvalue weighted by atomic mass is 10.3. The molecule has 0 bridgehead atoms. The van der Waals surface area contributed by atoms with Gasteiger partial charge in [-0.05, 0) is 0 Å². The Morgan fingerprint density at radius 1 is 1.71 bits per heavy atom. The Kier molecular flexibility index (Phi) is 2.87. The first kappa shape index (κ1) is 9.72. The van der Waals surface area contributed by atoms with Gasteiger partial charge in [0.25, 0.3) is 0 Å². The first-order chi connectivity index (χ1) is 6.79. The Hall–Kier alpha value is -0.820. The maximum absolute atomic E-state index is 11.0. The summed E-state index contributed by atoms with van der Waals surface area (Å²) in [6, 6.07) is -0.457. The van der Waals surface area contributed by atoms with Gasteiger partial charge in [0, 0.05) is 18.1 Å². The second-order valence-corrected chi connectivity index (χ2v) is 4.81. The lowest BCUT2D eigenvalue weighted by Gasteiger charge is -2.31. The molecule has 0 amide bonds. The average Bonchev–Trinajstić information content (AvgIpc) is 2.70. The second kappa shape index (κ2) is 4.14. The van der Waals surface area contributed by atoms with Gasteiger partial charge < -0.3 is 10.0 Å². The lowest BCUT2D eigenvalue weighted by Crippen LogP contribution is -2.47. The molecule has 0 saturated carbocycles. The number of carbonyl (C=O) groups is 1. The molecular weight excluding hydrogens is 222 g/mol. The van der Waals surface area contributed by atoms with Crippen molar-refractivity contribution in [1.82, 2.24) is 10.2 Å². The Bertz CT molecular complexity index is 317. The van der Waals surface area contributed by atoms with E-state index in [2.05, 4.69) is 10.2 Å². The Morgan fingerprint density at radius 3 is 3.21 bits per heavy atom. The van der Waals surface area contributed by atoms with Crippen LogP contribution in [-0.2, 0) is 4.79 Å². The van der Waals surface area contributed by atoms with Gasteiger partial charge in [0.1, 0.15) is 11.6 Å². The van der Waals surface area contributed by atoms with E-state index in [1.165, 1.54) is 11.3 Å². The van der Waals surface area contributed by atoms with Crippen LogP contribution < -0.4 is 4.90 Å². The summed E-state index contributed by atoms with van der Waals surface area (Å²) in [5.74, 6) is 0.783. The summed E-state index contributed by atoms with van der Waals surface area (Å²) in [5, 5.41) is 17.3. The quantitative estimate of drug-likeness (QED) is 0.801. The van der Waals surface area contributed by atoms with Crippen molar-refractivity contribution in [2.45, 2.75) is 6.04 Å². The van der Waals surface area contributed by atoms with E-state index >= 15 is 0 Å². The van der Waals surface area contributed by atoms with Crippen molar-refractivity contribution in [2.24, 2.45) is 0 Å². The number of carboxylic acids is 1. The molecule has 1 atom stereocenters. The fraction of sp³-hybridized carbons (Fsp3) is 0.571. The van der Waals surface area contributed by atoms with Gasteiger partial charge in [-0.15, -0.1) is 10.2 Å². The fourth-order valence-corrected chi connectivity index (χ4v) is 3.00. The van der Waals surface area contributed by atoms with Gasteiger partial charge in [-0.3, -0.25) is 0 Å². The number of anilines is 1. The van der Waals surface area contributed by atoms with Crippen LogP contribution in [-0.4, -0.2) is 45.4 Å². The van der Waals surface area contributed by atoms with Crippen molar-refractivity contribution in [1.29, 1.82) is 0 Å². The van der Waals surface area contributed by atoms with Gasteiger partial charge in [0.15, 0.2) is 0 Å². The fourth-order valence-electron chi connectivity index (χ4n) is 1.33. The largest absolute Gasteiger partial charge is 0.480 e. The van der Waals surface area contributed by atoms with E-state index in [0.717, 1.165) is 12.3 Å². The summed E-state index contributed by atoms with van der Waals surface area (Å²) < 4.78 is 0. The number of nitrogens with zero attached hydrogens (tertiary/aromatic N) is 3. The minimum atomic E-state index is -0.785. The van der Waals surface area contributed by atoms with Crippen molar-refractivity contribution in [3.8, 4) is 0 Å². The van der Waals surface area contributed by atoms with Crippen LogP contribution in [0, 0.1) is 0 Å². The minimum Gasteiger partial charge on any atom is -0.480 e. The van der Waals surface area contributed by atoms with E-state index in [1.807, 2.05) is 4.90 Å². The highest BCUT2D eigenvalue weighted by Gasteiger charge is 2.30. The van der Waals surface area contributed by atoms with Crippen LogP contribution in [0.25, 0.3) is 0 Å². The molecule has 5 nitrogen and oxygen atoms in total. The van der Waals surface area contributed by atoms with Crippen LogP contribution in [0.4, 0.5) is 5.13 Å². The summed E-state index contributed by atoms with van der Waals surface area (Å²) in [5.41, 5.74) is 1.62. The van der Waals surface area contributed by atoms with Gasteiger partial charge in [-0.1, -0.05) is 11.3 Å². The topological polar surface area (TPSA) is 66.3 Å². The number of hydrogen-bond acceptors (Lipinski definition) is 6. The molecule has 0 aromatic carbocycles. The predicted octanol–water partition coefficient (Wildman–Crippen LogP) is 0.544. The smallest absolute Gasteiger partial charge is 0.327 e. The second-order valence-electron chi connectivity index (χ2n) is 2.84. The number of thioether (sulfide) groups is 1. The van der Waals surface area contributed by atoms with Gasteiger partial charge in [0.2, 0.25) is 5.13 Å². The van der Waals surface area contributed by atoms with E-state index in [4.69, 9.17) is 5.11 Å². The van der Waals surface area contributed by atoms with Crippen LogP contribution >= 0.6 is 23.1 Å². The zero-order valence-electron chi connectivity index (χ0n) is 7.29. The standard InChI is InChI=1S/C7H9N3O2S2/c11-6(12)5-3-13-2-1-10(5)7-9-8-4-14-7/h4-5H,1-3H2,(H,11,12). The van der Waals surface area contributed by atoms with Crippen LogP contribution in [0.2, 0.25) is 0 Å². The summed E-state index contributed by atoms with van der Waals surface area (Å²) in [7, 11) is 0. The van der Waals surface area contributed by atoms with Crippen LogP contribution in [0.5, 0.6) is 0 Å². The van der Waals surface area contributed by atoms with Crippen LogP contribution in [0.15, 0.2) is 5.51 Å². The zero-order chi connectivity index (χ0) is 9.97. The first-order valence-electron chi connectivity index (χ1n) is 4.12. The molecule has 0 spiro atoms. The molecule has 1 saturated heterocycles. The molecule has 1 unspecified atom stereocenters. The number of hydrogen-bond donors (Lipinski definition) is 1. The zero-order valence-corrected chi connectivity index (χ0v) is 8.92. The average molecular weight is 231 g/mol. The molecule has 14 heavy (non-hydrogen) atoms. The summed E-state index contributed by atoms with van der Waals surface area (Å²) in [6.45, 7) is 0.733. The van der Waals surface area contributed by atoms with Crippen molar-refractivity contribution in [3.63, 3.8) is 0 Å². The molecule has 0 radical (unpaired) electrons. The van der Waals surface area contributed by atoms with Gasteiger partial charge in [0.05, 0.1) is 0 Å². The van der Waals surface area contributed by atoms with Crippen molar-refractivity contribution < 1.29 is 9.90 Å². The highest BCUT2D eigenvalue weighted by atomic mass is 32.2. The highest BCUT2D eigenvalue weighted by Crippen LogP contribution is 2.24. The van der Waals surface area contributed by atoms with Gasteiger partial charge in [-0.2, -0.15) is 11.8 Å². The van der Waals surface area contributed by atoms with E-state index in [9.17, 15) is 4.79 Å². The molecule has 1 aromatic rings. The summed E-state index contributed by atoms with van der Waals surface area (Å²) in [4.78, 5) is 12.8. The molecule has 2 heterocycles. The summed E-state index contributed by atoms with van der Waals surface area (Å²) in [6.07, 6.45) is 0. The molecule has 7 heteroatoms. The van der Waals surface area contributed by atoms with Crippen LogP contribution in [0.3, 0.4) is 0 Å². The third-order valence-corrected chi connectivity index (χ3v) is 3.76. The molecule has 76 valence electrons. The van der Waals surface area contributed by atoms with E-state index in [1.54, 1.807) is 17.3 Å². The number of aromatic nitrogens is 2. The maximum Gasteiger partial charge on any atom is 0.327 e. The number of carboxylic acid groups (broad SMARTS) is 1. The van der Waals surface area contributed by atoms with Crippen LogP contribution in [0.1, 0.15) is 0 Å². The molecule has 2 rings (SSSR count). The number of rotatable bonds is 2. The molecule has 1 aliphatic heterocycles. The van der Waals surface area contributed by atoms with Crippen molar-refractivity contribution >= 4 is 34.2 Å². The minimum absolute atomic E-state index is 0.457. The maximum atomic E-state index is 11.0. The van der Waals surface area contributed by atoms with E-state index in [-0.39, 0.29) is 0 Å².